The summed E-state index contributed by atoms with van der Waals surface area (Å²) in [6.45, 7) is 1.86. The molecular formula is C26H21N5O2S. The number of rotatable bonds is 5. The van der Waals surface area contributed by atoms with E-state index in [0.29, 0.717) is 34.4 Å². The number of carbonyl (C=O) groups excluding carboxylic acids is 1. The maximum Gasteiger partial charge on any atom is 0.268 e. The third-order valence-corrected chi connectivity index (χ3v) is 6.09. The van der Waals surface area contributed by atoms with Crippen molar-refractivity contribution >= 4 is 17.2 Å². The summed E-state index contributed by atoms with van der Waals surface area (Å²) in [5.74, 6) is 0.680. The van der Waals surface area contributed by atoms with Gasteiger partial charge >= 0.3 is 0 Å². The second kappa shape index (κ2) is 8.99. The van der Waals surface area contributed by atoms with Crippen molar-refractivity contribution < 1.29 is 9.21 Å². The molecule has 0 saturated carbocycles. The number of aryl methyl sites for hydroxylation is 1. The molecule has 8 heteroatoms. The summed E-state index contributed by atoms with van der Waals surface area (Å²) in [7, 11) is 3.46. The summed E-state index contributed by atoms with van der Waals surface area (Å²) < 4.78 is 6.07. The second-order valence-electron chi connectivity index (χ2n) is 7.94. The molecule has 1 amide bonds. The molecule has 0 fully saturated rings. The number of aromatic nitrogens is 4. The fourth-order valence-corrected chi connectivity index (χ4v) is 4.26. The number of hydrogen-bond donors (Lipinski definition) is 0. The van der Waals surface area contributed by atoms with Gasteiger partial charge in [0, 0.05) is 30.8 Å². The third kappa shape index (κ3) is 4.11. The molecule has 0 saturated heterocycles. The lowest BCUT2D eigenvalue weighted by molar-refractivity contribution is 0.0827. The van der Waals surface area contributed by atoms with Gasteiger partial charge in [-0.15, -0.1) is 10.2 Å². The Labute approximate surface area is 200 Å². The van der Waals surface area contributed by atoms with Crippen molar-refractivity contribution in [3.05, 3.63) is 82.8 Å². The molecule has 0 spiro atoms. The summed E-state index contributed by atoms with van der Waals surface area (Å²) in [4.78, 5) is 23.0. The smallest absolute Gasteiger partial charge is 0.268 e. The molecule has 0 aliphatic heterocycles. The van der Waals surface area contributed by atoms with Gasteiger partial charge in [0.2, 0.25) is 5.89 Å². The Morgan fingerprint density at radius 1 is 0.912 bits per heavy atom. The summed E-state index contributed by atoms with van der Waals surface area (Å²) in [6.07, 6.45) is 1.70. The summed E-state index contributed by atoms with van der Waals surface area (Å²) in [6, 6.07) is 17.3. The number of benzene rings is 2. The number of hydrogen-bond acceptors (Lipinski definition) is 7. The molecular weight excluding hydrogens is 446 g/mol. The second-order valence-corrected chi connectivity index (χ2v) is 8.72. The van der Waals surface area contributed by atoms with E-state index in [1.54, 1.807) is 48.7 Å². The first-order chi connectivity index (χ1) is 16.5. The van der Waals surface area contributed by atoms with Gasteiger partial charge in [-0.3, -0.25) is 9.78 Å². The predicted octanol–water partition coefficient (Wildman–Crippen LogP) is 5.60. The first-order valence-corrected chi connectivity index (χ1v) is 11.6. The van der Waals surface area contributed by atoms with E-state index in [0.717, 1.165) is 22.3 Å². The fourth-order valence-electron chi connectivity index (χ4n) is 3.60. The number of nitrogens with zero attached hydrogens (tertiary/aromatic N) is 5. The molecule has 0 radical (unpaired) electrons. The zero-order valence-electron chi connectivity index (χ0n) is 18.9. The summed E-state index contributed by atoms with van der Waals surface area (Å²) in [5.41, 5.74) is 6.32. The quantitative estimate of drug-likeness (QED) is 0.335. The standard InChI is InChI=1S/C26H21N5O2S/c1-16-23(28-22(14-27-16)17-8-10-18(11-9-17)26(32)31(2)3)25-30-29-24(33-25)21-7-5-4-6-20(21)19-12-13-34-15-19/h4-15H,1-3H3. The van der Waals surface area contributed by atoms with E-state index in [-0.39, 0.29) is 5.91 Å². The van der Waals surface area contributed by atoms with Crippen LogP contribution in [0.1, 0.15) is 16.1 Å². The van der Waals surface area contributed by atoms with Crippen molar-refractivity contribution in [3.63, 3.8) is 0 Å². The van der Waals surface area contributed by atoms with Crippen molar-refractivity contribution in [2.24, 2.45) is 0 Å². The summed E-state index contributed by atoms with van der Waals surface area (Å²) >= 11 is 1.64. The van der Waals surface area contributed by atoms with Crippen LogP contribution in [0.5, 0.6) is 0 Å². The number of carbonyl (C=O) groups is 1. The number of amides is 1. The maximum atomic E-state index is 12.2. The Kier molecular flexibility index (Phi) is 5.73. The Morgan fingerprint density at radius 3 is 2.35 bits per heavy atom. The lowest BCUT2D eigenvalue weighted by Gasteiger charge is -2.10. The lowest BCUT2D eigenvalue weighted by Crippen LogP contribution is -2.21. The molecule has 2 aromatic carbocycles. The van der Waals surface area contributed by atoms with Gasteiger partial charge < -0.3 is 9.32 Å². The van der Waals surface area contributed by atoms with Gasteiger partial charge in [0.25, 0.3) is 11.8 Å². The van der Waals surface area contributed by atoms with Crippen LogP contribution in [0, 0.1) is 6.92 Å². The normalized spacial score (nSPS) is 10.9. The number of thiophene rings is 1. The van der Waals surface area contributed by atoms with Gasteiger partial charge in [-0.05, 0) is 53.1 Å². The van der Waals surface area contributed by atoms with Crippen molar-refractivity contribution in [3.8, 4) is 45.4 Å². The van der Waals surface area contributed by atoms with Crippen LogP contribution in [0.3, 0.4) is 0 Å². The minimum Gasteiger partial charge on any atom is -0.415 e. The van der Waals surface area contributed by atoms with Crippen LogP contribution in [-0.2, 0) is 0 Å². The van der Waals surface area contributed by atoms with Crippen LogP contribution in [0.15, 0.2) is 76.0 Å². The van der Waals surface area contributed by atoms with Crippen LogP contribution in [0.4, 0.5) is 0 Å². The van der Waals surface area contributed by atoms with Gasteiger partial charge in [-0.25, -0.2) is 4.98 Å². The maximum absolute atomic E-state index is 12.2. The largest absolute Gasteiger partial charge is 0.415 e. The zero-order chi connectivity index (χ0) is 23.7. The predicted molar refractivity (Wildman–Crippen MR) is 132 cm³/mol. The highest BCUT2D eigenvalue weighted by Crippen LogP contribution is 2.34. The molecule has 168 valence electrons. The highest BCUT2D eigenvalue weighted by atomic mass is 32.1. The van der Waals surface area contributed by atoms with E-state index >= 15 is 0 Å². The van der Waals surface area contributed by atoms with Crippen molar-refractivity contribution in [1.29, 1.82) is 0 Å². The first-order valence-electron chi connectivity index (χ1n) is 10.6. The van der Waals surface area contributed by atoms with E-state index in [2.05, 4.69) is 26.6 Å². The van der Waals surface area contributed by atoms with Gasteiger partial charge in [0.05, 0.1) is 17.6 Å². The Balaban J connectivity index is 1.49. The molecule has 0 aliphatic rings. The lowest BCUT2D eigenvalue weighted by atomic mass is 10.0. The average molecular weight is 468 g/mol. The molecule has 3 aromatic heterocycles. The minimum absolute atomic E-state index is 0.0525. The van der Waals surface area contributed by atoms with E-state index < -0.39 is 0 Å². The minimum atomic E-state index is -0.0525. The molecule has 0 unspecified atom stereocenters. The van der Waals surface area contributed by atoms with Crippen LogP contribution < -0.4 is 0 Å². The van der Waals surface area contributed by atoms with E-state index in [9.17, 15) is 4.79 Å². The molecule has 3 heterocycles. The Bertz CT molecular complexity index is 1460. The van der Waals surface area contributed by atoms with Gasteiger partial charge in [-0.1, -0.05) is 30.3 Å². The van der Waals surface area contributed by atoms with E-state index in [1.165, 1.54) is 0 Å². The topological polar surface area (TPSA) is 85.0 Å². The van der Waals surface area contributed by atoms with Crippen LogP contribution in [0.25, 0.3) is 45.4 Å². The fraction of sp³-hybridized carbons (Fsp3) is 0.115. The molecule has 0 bridgehead atoms. The Hall–Kier alpha value is -4.17. The van der Waals surface area contributed by atoms with E-state index in [4.69, 9.17) is 9.40 Å². The highest BCUT2D eigenvalue weighted by molar-refractivity contribution is 7.08. The third-order valence-electron chi connectivity index (χ3n) is 5.41. The molecule has 7 nitrogen and oxygen atoms in total. The summed E-state index contributed by atoms with van der Waals surface area (Å²) in [5, 5.41) is 12.7. The first kappa shape index (κ1) is 21.7. The molecule has 5 aromatic rings. The molecule has 34 heavy (non-hydrogen) atoms. The zero-order valence-corrected chi connectivity index (χ0v) is 19.7. The van der Waals surface area contributed by atoms with Gasteiger partial charge in [0.15, 0.2) is 0 Å². The van der Waals surface area contributed by atoms with Gasteiger partial charge in [0.1, 0.15) is 5.69 Å². The van der Waals surface area contributed by atoms with Crippen molar-refractivity contribution in [2.75, 3.05) is 14.1 Å². The average Bonchev–Trinajstić information content (AvgIpc) is 3.57. The van der Waals surface area contributed by atoms with Crippen LogP contribution in [-0.4, -0.2) is 45.1 Å². The van der Waals surface area contributed by atoms with Crippen LogP contribution >= 0.6 is 11.3 Å². The van der Waals surface area contributed by atoms with Crippen molar-refractivity contribution in [1.82, 2.24) is 25.1 Å². The SMILES string of the molecule is Cc1ncc(-c2ccc(C(=O)N(C)C)cc2)nc1-c1nnc(-c2ccccc2-c2ccsc2)o1. The Morgan fingerprint density at radius 2 is 1.65 bits per heavy atom. The van der Waals surface area contributed by atoms with Crippen LogP contribution in [0.2, 0.25) is 0 Å². The van der Waals surface area contributed by atoms with Crippen molar-refractivity contribution in [2.45, 2.75) is 6.92 Å². The van der Waals surface area contributed by atoms with Gasteiger partial charge in [-0.2, -0.15) is 11.3 Å². The molecule has 5 rings (SSSR count). The monoisotopic (exact) mass is 467 g/mol. The van der Waals surface area contributed by atoms with E-state index in [1.807, 2.05) is 48.7 Å². The molecule has 0 N–H and O–H groups in total. The highest BCUT2D eigenvalue weighted by Gasteiger charge is 2.18. The molecule has 0 atom stereocenters. The molecule has 0 aliphatic carbocycles.